The molecule has 1 fully saturated rings. The minimum Gasteiger partial charge on any atom is -0.488 e. The average molecular weight is 558 g/mol. The number of hydrogen-bond acceptors (Lipinski definition) is 5. The number of halogens is 2. The maximum atomic E-state index is 12.9. The minimum absolute atomic E-state index is 0.215. The number of carbonyl (C=O) groups excluding carboxylic acids is 3. The van der Waals surface area contributed by atoms with Crippen LogP contribution < -0.4 is 10.1 Å². The second-order valence-electron chi connectivity index (χ2n) is 7.21. The Labute approximate surface area is 214 Å². The van der Waals surface area contributed by atoms with Crippen LogP contribution in [0.5, 0.6) is 5.75 Å². The molecule has 0 radical (unpaired) electrons. The SMILES string of the molecule is O=C(CN1C(=O)S/C(=C/c2ccccc2OCc2ccccc2Cl)C1=O)Nc1ccccc1Br. The van der Waals surface area contributed by atoms with Crippen molar-refractivity contribution in [3.8, 4) is 5.75 Å². The largest absolute Gasteiger partial charge is 0.488 e. The first-order valence-corrected chi connectivity index (χ1v) is 12.2. The topological polar surface area (TPSA) is 75.7 Å². The van der Waals surface area contributed by atoms with Crippen LogP contribution >= 0.6 is 39.3 Å². The predicted molar refractivity (Wildman–Crippen MR) is 138 cm³/mol. The van der Waals surface area contributed by atoms with Crippen LogP contribution in [0.4, 0.5) is 10.5 Å². The smallest absolute Gasteiger partial charge is 0.294 e. The molecule has 172 valence electrons. The first-order chi connectivity index (χ1) is 16.4. The number of nitrogens with zero attached hydrogens (tertiary/aromatic N) is 1. The second kappa shape index (κ2) is 10.9. The summed E-state index contributed by atoms with van der Waals surface area (Å²) in [6, 6.07) is 21.6. The summed E-state index contributed by atoms with van der Waals surface area (Å²) in [6.07, 6.45) is 1.60. The number of nitrogens with one attached hydrogen (secondary N) is 1. The highest BCUT2D eigenvalue weighted by Crippen LogP contribution is 2.34. The summed E-state index contributed by atoms with van der Waals surface area (Å²) in [5.74, 6) is -0.460. The van der Waals surface area contributed by atoms with E-state index in [1.54, 1.807) is 42.5 Å². The maximum Gasteiger partial charge on any atom is 0.294 e. The molecule has 3 amide bonds. The van der Waals surface area contributed by atoms with E-state index in [0.717, 1.165) is 22.2 Å². The molecule has 0 unspecified atom stereocenters. The van der Waals surface area contributed by atoms with Gasteiger partial charge in [-0.05, 0) is 58.0 Å². The molecule has 34 heavy (non-hydrogen) atoms. The number of ether oxygens (including phenoxy) is 1. The van der Waals surface area contributed by atoms with Crippen molar-refractivity contribution in [1.29, 1.82) is 0 Å². The van der Waals surface area contributed by atoms with Crippen LogP contribution in [-0.2, 0) is 16.2 Å². The Hall–Kier alpha value is -3.07. The summed E-state index contributed by atoms with van der Waals surface area (Å²) in [6.45, 7) is -0.130. The molecule has 1 aliphatic heterocycles. The molecular formula is C25H18BrClN2O4S. The van der Waals surface area contributed by atoms with Crippen LogP contribution in [0.2, 0.25) is 5.02 Å². The third-order valence-electron chi connectivity index (χ3n) is 4.87. The van der Waals surface area contributed by atoms with Crippen molar-refractivity contribution in [1.82, 2.24) is 4.90 Å². The van der Waals surface area contributed by atoms with E-state index in [9.17, 15) is 14.4 Å². The van der Waals surface area contributed by atoms with E-state index < -0.39 is 17.1 Å². The number of rotatable bonds is 7. The Morgan fingerprint density at radius 3 is 2.53 bits per heavy atom. The standard InChI is InChI=1S/C25H18BrClN2O4S/c26-18-9-3-5-11-20(18)28-23(30)14-29-24(31)22(34-25(29)32)13-16-7-2-6-12-21(16)33-15-17-8-1-4-10-19(17)27/h1-13H,14-15H2,(H,28,30)/b22-13+. The number of amides is 3. The van der Waals surface area contributed by atoms with Gasteiger partial charge in [0.1, 0.15) is 18.9 Å². The number of anilines is 1. The Morgan fingerprint density at radius 2 is 1.74 bits per heavy atom. The zero-order valence-electron chi connectivity index (χ0n) is 17.7. The number of para-hydroxylation sites is 2. The lowest BCUT2D eigenvalue weighted by Gasteiger charge is -2.13. The fourth-order valence-electron chi connectivity index (χ4n) is 3.18. The van der Waals surface area contributed by atoms with Crippen molar-refractivity contribution < 1.29 is 19.1 Å². The molecule has 0 aliphatic carbocycles. The average Bonchev–Trinajstić information content (AvgIpc) is 3.08. The van der Waals surface area contributed by atoms with E-state index in [4.69, 9.17) is 16.3 Å². The molecule has 0 spiro atoms. The summed E-state index contributed by atoms with van der Waals surface area (Å²) in [4.78, 5) is 38.9. The number of benzene rings is 3. The number of thioether (sulfide) groups is 1. The van der Waals surface area contributed by atoms with Crippen molar-refractivity contribution >= 4 is 68.1 Å². The van der Waals surface area contributed by atoms with Gasteiger partial charge < -0.3 is 10.1 Å². The van der Waals surface area contributed by atoms with Gasteiger partial charge in [-0.15, -0.1) is 0 Å². The Bertz CT molecular complexity index is 1300. The summed E-state index contributed by atoms with van der Waals surface area (Å²) in [5.41, 5.74) is 2.02. The van der Waals surface area contributed by atoms with Gasteiger partial charge in [0, 0.05) is 20.6 Å². The highest BCUT2D eigenvalue weighted by molar-refractivity contribution is 9.10. The van der Waals surface area contributed by atoms with Crippen LogP contribution in [0, 0.1) is 0 Å². The van der Waals surface area contributed by atoms with Crippen molar-refractivity contribution in [2.75, 3.05) is 11.9 Å². The van der Waals surface area contributed by atoms with E-state index in [1.807, 2.05) is 36.4 Å². The first kappa shape index (κ1) is 24.1. The van der Waals surface area contributed by atoms with Gasteiger partial charge in [0.2, 0.25) is 5.91 Å². The van der Waals surface area contributed by atoms with Crippen molar-refractivity contribution in [2.45, 2.75) is 6.61 Å². The van der Waals surface area contributed by atoms with E-state index in [-0.39, 0.29) is 18.1 Å². The monoisotopic (exact) mass is 556 g/mol. The lowest BCUT2D eigenvalue weighted by atomic mass is 10.1. The third kappa shape index (κ3) is 5.70. The molecule has 0 aromatic heterocycles. The Balaban J connectivity index is 1.46. The first-order valence-electron chi connectivity index (χ1n) is 10.2. The van der Waals surface area contributed by atoms with Crippen molar-refractivity contribution in [2.24, 2.45) is 0 Å². The molecule has 1 saturated heterocycles. The number of carbonyl (C=O) groups is 3. The van der Waals surface area contributed by atoms with Crippen LogP contribution in [-0.4, -0.2) is 28.5 Å². The molecule has 1 N–H and O–H groups in total. The van der Waals surface area contributed by atoms with Gasteiger partial charge in [0.25, 0.3) is 11.1 Å². The summed E-state index contributed by atoms with van der Waals surface area (Å²) in [5, 5.41) is 2.79. The molecule has 4 rings (SSSR count). The molecule has 3 aromatic rings. The van der Waals surface area contributed by atoms with Gasteiger partial charge in [-0.3, -0.25) is 19.3 Å². The summed E-state index contributed by atoms with van der Waals surface area (Å²) < 4.78 is 6.63. The van der Waals surface area contributed by atoms with Gasteiger partial charge in [0.05, 0.1) is 10.6 Å². The maximum absolute atomic E-state index is 12.9. The van der Waals surface area contributed by atoms with E-state index >= 15 is 0 Å². The van der Waals surface area contributed by atoms with Crippen LogP contribution in [0.1, 0.15) is 11.1 Å². The zero-order chi connectivity index (χ0) is 24.1. The molecule has 0 atom stereocenters. The third-order valence-corrected chi connectivity index (χ3v) is 6.84. The Kier molecular flexibility index (Phi) is 7.72. The molecule has 3 aromatic carbocycles. The van der Waals surface area contributed by atoms with Crippen molar-refractivity contribution in [3.05, 3.63) is 98.3 Å². The van der Waals surface area contributed by atoms with Gasteiger partial charge >= 0.3 is 0 Å². The molecular weight excluding hydrogens is 540 g/mol. The molecule has 0 bridgehead atoms. The molecule has 1 aliphatic rings. The van der Waals surface area contributed by atoms with Crippen molar-refractivity contribution in [3.63, 3.8) is 0 Å². The highest BCUT2D eigenvalue weighted by Gasteiger charge is 2.36. The van der Waals surface area contributed by atoms with E-state index in [1.165, 1.54) is 0 Å². The van der Waals surface area contributed by atoms with Crippen LogP contribution in [0.25, 0.3) is 6.08 Å². The van der Waals surface area contributed by atoms with Crippen LogP contribution in [0.15, 0.2) is 82.2 Å². The fraction of sp³-hybridized carbons (Fsp3) is 0.0800. The summed E-state index contributed by atoms with van der Waals surface area (Å²) >= 11 is 10.3. The predicted octanol–water partition coefficient (Wildman–Crippen LogP) is 6.36. The lowest BCUT2D eigenvalue weighted by Crippen LogP contribution is -2.36. The minimum atomic E-state index is -0.529. The second-order valence-corrected chi connectivity index (χ2v) is 9.47. The van der Waals surface area contributed by atoms with Crippen LogP contribution in [0.3, 0.4) is 0 Å². The fourth-order valence-corrected chi connectivity index (χ4v) is 4.58. The Morgan fingerprint density at radius 1 is 1.03 bits per heavy atom. The zero-order valence-corrected chi connectivity index (χ0v) is 20.8. The molecule has 9 heteroatoms. The van der Waals surface area contributed by atoms with Gasteiger partial charge in [0.15, 0.2) is 0 Å². The van der Waals surface area contributed by atoms with Gasteiger partial charge in [-0.25, -0.2) is 0 Å². The number of hydrogen-bond donors (Lipinski definition) is 1. The summed E-state index contributed by atoms with van der Waals surface area (Å²) in [7, 11) is 0. The van der Waals surface area contributed by atoms with Gasteiger partial charge in [-0.1, -0.05) is 60.1 Å². The van der Waals surface area contributed by atoms with E-state index in [0.29, 0.717) is 26.5 Å². The van der Waals surface area contributed by atoms with Gasteiger partial charge in [-0.2, -0.15) is 0 Å². The quantitative estimate of drug-likeness (QED) is 0.342. The lowest BCUT2D eigenvalue weighted by molar-refractivity contribution is -0.127. The highest BCUT2D eigenvalue weighted by atomic mass is 79.9. The van der Waals surface area contributed by atoms with E-state index in [2.05, 4.69) is 21.2 Å². The molecule has 6 nitrogen and oxygen atoms in total. The molecule has 0 saturated carbocycles. The number of imide groups is 1. The normalized spacial score (nSPS) is 14.5. The molecule has 1 heterocycles.